The predicted molar refractivity (Wildman–Crippen MR) is 79.3 cm³/mol. The average molecular weight is 263 g/mol. The van der Waals surface area contributed by atoms with Crippen molar-refractivity contribution in [2.45, 2.75) is 32.4 Å². The zero-order chi connectivity index (χ0) is 13.2. The smallest absolute Gasteiger partial charge is 0.0817 e. The molecule has 0 saturated heterocycles. The van der Waals surface area contributed by atoms with Crippen molar-refractivity contribution < 1.29 is 4.74 Å². The number of rotatable bonds is 5. The second-order valence-electron chi connectivity index (χ2n) is 4.98. The van der Waals surface area contributed by atoms with E-state index in [-0.39, 0.29) is 11.6 Å². The molecule has 1 unspecified atom stereocenters. The Balaban J connectivity index is 2.51. The lowest BCUT2D eigenvalue weighted by Crippen LogP contribution is -2.40. The molecule has 0 spiro atoms. The first-order valence-corrected chi connectivity index (χ1v) is 7.22. The minimum absolute atomic E-state index is 0.204. The van der Waals surface area contributed by atoms with Crippen LogP contribution in [0.4, 0.5) is 0 Å². The Labute approximate surface area is 113 Å². The van der Waals surface area contributed by atoms with Crippen molar-refractivity contribution >= 4 is 21.4 Å². The molecule has 1 aromatic heterocycles. The largest absolute Gasteiger partial charge is 0.377 e. The van der Waals surface area contributed by atoms with E-state index in [0.717, 1.165) is 6.54 Å². The first-order valence-electron chi connectivity index (χ1n) is 6.34. The number of hydrogen-bond acceptors (Lipinski definition) is 3. The topological polar surface area (TPSA) is 21.3 Å². The summed E-state index contributed by atoms with van der Waals surface area (Å²) in [5.74, 6) is 0. The van der Waals surface area contributed by atoms with Crippen LogP contribution < -0.4 is 5.32 Å². The summed E-state index contributed by atoms with van der Waals surface area (Å²) >= 11 is 1.80. The summed E-state index contributed by atoms with van der Waals surface area (Å²) in [6.45, 7) is 7.33. The highest BCUT2D eigenvalue weighted by molar-refractivity contribution is 7.17. The predicted octanol–water partition coefficient (Wildman–Crippen LogP) is 3.98. The molecule has 0 bridgehead atoms. The third-order valence-electron chi connectivity index (χ3n) is 3.45. The second-order valence-corrected chi connectivity index (χ2v) is 5.90. The molecule has 98 valence electrons. The standard InChI is InChI=1S/C15H21NOS/c1-5-16-14(15(2,3)17-4)12-8-6-7-11-9-10-18-13(11)12/h6-10,14,16H,5H2,1-4H3. The summed E-state index contributed by atoms with van der Waals surface area (Å²) in [7, 11) is 1.78. The normalized spacial score (nSPS) is 14.0. The number of ether oxygens (including phenoxy) is 1. The molecule has 3 heteroatoms. The summed E-state index contributed by atoms with van der Waals surface area (Å²) in [5.41, 5.74) is 1.10. The van der Waals surface area contributed by atoms with Crippen LogP contribution in [0.3, 0.4) is 0 Å². The number of thiophene rings is 1. The van der Waals surface area contributed by atoms with Gasteiger partial charge in [0.15, 0.2) is 0 Å². The van der Waals surface area contributed by atoms with Crippen LogP contribution in [0.2, 0.25) is 0 Å². The highest BCUT2D eigenvalue weighted by Gasteiger charge is 2.31. The Hall–Kier alpha value is -0.900. The SMILES string of the molecule is CCNC(c1cccc2ccsc12)C(C)(C)OC. The number of methoxy groups -OCH3 is 1. The number of nitrogens with one attached hydrogen (secondary N) is 1. The van der Waals surface area contributed by atoms with Gasteiger partial charge < -0.3 is 10.1 Å². The number of benzene rings is 1. The summed E-state index contributed by atoms with van der Waals surface area (Å²) in [6.07, 6.45) is 0. The van der Waals surface area contributed by atoms with Crippen LogP contribution in [0.5, 0.6) is 0 Å². The number of fused-ring (bicyclic) bond motifs is 1. The fourth-order valence-corrected chi connectivity index (χ4v) is 3.24. The van der Waals surface area contributed by atoms with E-state index in [0.29, 0.717) is 0 Å². The fourth-order valence-electron chi connectivity index (χ4n) is 2.30. The molecular weight excluding hydrogens is 242 g/mol. The first kappa shape index (κ1) is 13.5. The average Bonchev–Trinajstić information content (AvgIpc) is 2.84. The zero-order valence-corrected chi connectivity index (χ0v) is 12.3. The van der Waals surface area contributed by atoms with Gasteiger partial charge in [-0.2, -0.15) is 0 Å². The molecule has 2 aromatic rings. The van der Waals surface area contributed by atoms with Crippen molar-refractivity contribution in [1.29, 1.82) is 0 Å². The van der Waals surface area contributed by atoms with E-state index >= 15 is 0 Å². The Morgan fingerprint density at radius 3 is 2.78 bits per heavy atom. The monoisotopic (exact) mass is 263 g/mol. The maximum atomic E-state index is 5.67. The molecule has 18 heavy (non-hydrogen) atoms. The van der Waals surface area contributed by atoms with Crippen LogP contribution >= 0.6 is 11.3 Å². The van der Waals surface area contributed by atoms with Gasteiger partial charge in [-0.15, -0.1) is 11.3 Å². The molecular formula is C15H21NOS. The lowest BCUT2D eigenvalue weighted by atomic mass is 9.91. The van der Waals surface area contributed by atoms with E-state index in [1.807, 2.05) is 0 Å². The van der Waals surface area contributed by atoms with E-state index in [1.165, 1.54) is 15.6 Å². The van der Waals surface area contributed by atoms with Crippen LogP contribution in [-0.4, -0.2) is 19.3 Å². The molecule has 0 saturated carbocycles. The third kappa shape index (κ3) is 2.44. The maximum Gasteiger partial charge on any atom is 0.0817 e. The fraction of sp³-hybridized carbons (Fsp3) is 0.467. The van der Waals surface area contributed by atoms with Gasteiger partial charge >= 0.3 is 0 Å². The van der Waals surface area contributed by atoms with Gasteiger partial charge in [0.05, 0.1) is 11.6 Å². The van der Waals surface area contributed by atoms with Crippen LogP contribution in [0.1, 0.15) is 32.4 Å². The van der Waals surface area contributed by atoms with Crippen LogP contribution in [0.15, 0.2) is 29.6 Å². The lowest BCUT2D eigenvalue weighted by molar-refractivity contribution is -0.0102. The van der Waals surface area contributed by atoms with E-state index in [4.69, 9.17) is 4.74 Å². The molecule has 0 radical (unpaired) electrons. The second kappa shape index (κ2) is 5.39. The summed E-state index contributed by atoms with van der Waals surface area (Å²) in [4.78, 5) is 0. The van der Waals surface area contributed by atoms with Gasteiger partial charge in [0, 0.05) is 11.8 Å². The summed E-state index contributed by atoms with van der Waals surface area (Å²) in [6, 6.07) is 8.87. The van der Waals surface area contributed by atoms with Gasteiger partial charge in [0.25, 0.3) is 0 Å². The Morgan fingerprint density at radius 2 is 2.11 bits per heavy atom. The lowest BCUT2D eigenvalue weighted by Gasteiger charge is -2.34. The molecule has 1 aromatic carbocycles. The van der Waals surface area contributed by atoms with Gasteiger partial charge in [0.2, 0.25) is 0 Å². The molecule has 1 atom stereocenters. The van der Waals surface area contributed by atoms with Crippen LogP contribution in [-0.2, 0) is 4.74 Å². The van der Waals surface area contributed by atoms with Crippen molar-refractivity contribution in [3.8, 4) is 0 Å². The van der Waals surface area contributed by atoms with Gasteiger partial charge in [0.1, 0.15) is 0 Å². The molecule has 0 aliphatic carbocycles. The van der Waals surface area contributed by atoms with E-state index in [9.17, 15) is 0 Å². The van der Waals surface area contributed by atoms with Crippen LogP contribution in [0.25, 0.3) is 10.1 Å². The minimum atomic E-state index is -0.228. The third-order valence-corrected chi connectivity index (χ3v) is 4.43. The van der Waals surface area contributed by atoms with Crippen molar-refractivity contribution in [3.05, 3.63) is 35.2 Å². The van der Waals surface area contributed by atoms with E-state index in [1.54, 1.807) is 18.4 Å². The highest BCUT2D eigenvalue weighted by Crippen LogP contribution is 2.35. The van der Waals surface area contributed by atoms with Gasteiger partial charge in [-0.05, 0) is 42.8 Å². The number of hydrogen-bond donors (Lipinski definition) is 1. The Kier molecular flexibility index (Phi) is 4.05. The first-order chi connectivity index (χ1) is 8.60. The van der Waals surface area contributed by atoms with E-state index < -0.39 is 0 Å². The molecule has 2 rings (SSSR count). The molecule has 1 N–H and O–H groups in total. The quantitative estimate of drug-likeness (QED) is 0.881. The molecule has 0 aliphatic rings. The van der Waals surface area contributed by atoms with Gasteiger partial charge in [-0.25, -0.2) is 0 Å². The van der Waals surface area contributed by atoms with Crippen LogP contribution in [0, 0.1) is 0 Å². The van der Waals surface area contributed by atoms with Gasteiger partial charge in [-0.1, -0.05) is 25.1 Å². The Bertz CT molecular complexity index is 518. The summed E-state index contributed by atoms with van der Waals surface area (Å²) < 4.78 is 7.03. The number of likely N-dealkylation sites (N-methyl/N-ethyl adjacent to an activating group) is 1. The zero-order valence-electron chi connectivity index (χ0n) is 11.5. The van der Waals surface area contributed by atoms with Crippen molar-refractivity contribution in [2.75, 3.05) is 13.7 Å². The molecule has 0 amide bonds. The molecule has 1 heterocycles. The molecule has 0 aliphatic heterocycles. The maximum absolute atomic E-state index is 5.67. The minimum Gasteiger partial charge on any atom is -0.377 e. The van der Waals surface area contributed by atoms with Crippen molar-refractivity contribution in [3.63, 3.8) is 0 Å². The molecule has 2 nitrogen and oxygen atoms in total. The van der Waals surface area contributed by atoms with Gasteiger partial charge in [-0.3, -0.25) is 0 Å². The Morgan fingerprint density at radius 1 is 1.33 bits per heavy atom. The van der Waals surface area contributed by atoms with Crippen molar-refractivity contribution in [1.82, 2.24) is 5.32 Å². The summed E-state index contributed by atoms with van der Waals surface area (Å²) in [5, 5.41) is 7.02. The molecule has 0 fully saturated rings. The van der Waals surface area contributed by atoms with Crippen molar-refractivity contribution in [2.24, 2.45) is 0 Å². The highest BCUT2D eigenvalue weighted by atomic mass is 32.1. The van der Waals surface area contributed by atoms with E-state index in [2.05, 4.69) is 55.7 Å².